The normalized spacial score (nSPS) is 10.1. The molecule has 0 aliphatic rings. The van der Waals surface area contributed by atoms with E-state index in [4.69, 9.17) is 5.73 Å². The van der Waals surface area contributed by atoms with Gasteiger partial charge in [-0.15, -0.1) is 0 Å². The number of carbonyl (C=O) groups excluding carboxylic acids is 2. The van der Waals surface area contributed by atoms with Crippen LogP contribution in [0.2, 0.25) is 0 Å². The van der Waals surface area contributed by atoms with Gasteiger partial charge in [-0.25, -0.2) is 0 Å². The molecule has 20 heavy (non-hydrogen) atoms. The number of nitrogens with one attached hydrogen (secondary N) is 2. The first-order valence-electron chi connectivity index (χ1n) is 5.91. The number of anilines is 2. The molecule has 1 heterocycles. The van der Waals surface area contributed by atoms with Crippen molar-refractivity contribution in [3.63, 3.8) is 0 Å². The van der Waals surface area contributed by atoms with Crippen molar-refractivity contribution >= 4 is 23.3 Å². The maximum absolute atomic E-state index is 12.0. The van der Waals surface area contributed by atoms with Gasteiger partial charge in [-0.1, -0.05) is 0 Å². The van der Waals surface area contributed by atoms with Crippen LogP contribution in [0, 0.1) is 0 Å². The fourth-order valence-electron chi connectivity index (χ4n) is 1.66. The topological polar surface area (TPSA) is 104 Å². The minimum absolute atomic E-state index is 0.142. The third kappa shape index (κ3) is 2.77. The van der Waals surface area contributed by atoms with Crippen molar-refractivity contribution in [1.82, 2.24) is 10.2 Å². The molecule has 0 saturated carbocycles. The highest BCUT2D eigenvalue weighted by atomic mass is 16.2. The summed E-state index contributed by atoms with van der Waals surface area (Å²) in [4.78, 5) is 25.1. The van der Waals surface area contributed by atoms with Crippen LogP contribution in [0.5, 0.6) is 0 Å². The first-order valence-corrected chi connectivity index (χ1v) is 5.91. The van der Waals surface area contributed by atoms with Crippen molar-refractivity contribution in [3.8, 4) is 0 Å². The van der Waals surface area contributed by atoms with Crippen LogP contribution in [-0.2, 0) is 0 Å². The Balaban J connectivity index is 2.15. The number of carbonyl (C=O) groups is 2. The molecule has 0 bridgehead atoms. The number of nitrogens with zero attached hydrogens (tertiary/aromatic N) is 2. The first-order chi connectivity index (χ1) is 9.49. The highest BCUT2D eigenvalue weighted by Gasteiger charge is 2.14. The predicted octanol–water partition coefficient (Wildman–Crippen LogP) is 0.827. The van der Waals surface area contributed by atoms with Gasteiger partial charge in [0.2, 0.25) is 0 Å². The Labute approximate surface area is 115 Å². The van der Waals surface area contributed by atoms with Crippen molar-refractivity contribution in [2.24, 2.45) is 5.73 Å². The van der Waals surface area contributed by atoms with Gasteiger partial charge in [-0.3, -0.25) is 14.7 Å². The van der Waals surface area contributed by atoms with Crippen LogP contribution in [0.1, 0.15) is 20.7 Å². The summed E-state index contributed by atoms with van der Waals surface area (Å²) in [6.45, 7) is 0. The number of nitrogens with two attached hydrogens (primary N) is 1. The van der Waals surface area contributed by atoms with E-state index in [1.54, 1.807) is 12.1 Å². The number of benzene rings is 1. The van der Waals surface area contributed by atoms with Crippen LogP contribution < -0.4 is 16.0 Å². The largest absolute Gasteiger partial charge is 0.378 e. The van der Waals surface area contributed by atoms with Gasteiger partial charge in [0.1, 0.15) is 11.4 Å². The molecule has 2 aromatic rings. The fraction of sp³-hybridized carbons (Fsp3) is 0.154. The lowest BCUT2D eigenvalue weighted by molar-refractivity contribution is 0.100. The smallest absolute Gasteiger partial charge is 0.256 e. The molecule has 0 aliphatic heterocycles. The van der Waals surface area contributed by atoms with Gasteiger partial charge in [-0.2, -0.15) is 5.10 Å². The van der Waals surface area contributed by atoms with Crippen molar-refractivity contribution < 1.29 is 9.59 Å². The van der Waals surface area contributed by atoms with Crippen LogP contribution in [0.25, 0.3) is 0 Å². The molecule has 0 fully saturated rings. The number of hydrogen-bond donors (Lipinski definition) is 3. The molecule has 104 valence electrons. The Kier molecular flexibility index (Phi) is 3.69. The maximum atomic E-state index is 12.0. The molecule has 7 nitrogen and oxygen atoms in total. The zero-order valence-corrected chi connectivity index (χ0v) is 11.2. The summed E-state index contributed by atoms with van der Waals surface area (Å²) >= 11 is 0. The van der Waals surface area contributed by atoms with Crippen LogP contribution in [0.3, 0.4) is 0 Å². The number of hydrogen-bond acceptors (Lipinski definition) is 4. The van der Waals surface area contributed by atoms with Gasteiger partial charge < -0.3 is 16.0 Å². The molecule has 1 aromatic carbocycles. The summed E-state index contributed by atoms with van der Waals surface area (Å²) in [7, 11) is 3.83. The van der Waals surface area contributed by atoms with Crippen LogP contribution in [-0.4, -0.2) is 36.1 Å². The second-order valence-corrected chi connectivity index (χ2v) is 4.42. The average Bonchev–Trinajstić information content (AvgIpc) is 2.87. The molecule has 7 heteroatoms. The molecular formula is C13H15N5O2. The lowest BCUT2D eigenvalue weighted by atomic mass is 10.2. The van der Waals surface area contributed by atoms with Crippen LogP contribution >= 0.6 is 0 Å². The molecule has 0 unspecified atom stereocenters. The molecule has 0 atom stereocenters. The Bertz CT molecular complexity index is 630. The summed E-state index contributed by atoms with van der Waals surface area (Å²) in [5, 5.41) is 8.77. The SMILES string of the molecule is CN(C)c1ccc(C(=O)Nc2[nH]ncc2C(N)=O)cc1. The monoisotopic (exact) mass is 273 g/mol. The molecule has 0 radical (unpaired) electrons. The molecular weight excluding hydrogens is 258 g/mol. The Morgan fingerprint density at radius 1 is 1.25 bits per heavy atom. The third-order valence-corrected chi connectivity index (χ3v) is 2.79. The van der Waals surface area contributed by atoms with Gasteiger partial charge in [0.25, 0.3) is 11.8 Å². The van der Waals surface area contributed by atoms with Crippen LogP contribution in [0.4, 0.5) is 11.5 Å². The van der Waals surface area contributed by atoms with E-state index >= 15 is 0 Å². The van der Waals surface area contributed by atoms with Gasteiger partial charge >= 0.3 is 0 Å². The van der Waals surface area contributed by atoms with E-state index in [2.05, 4.69) is 15.5 Å². The van der Waals surface area contributed by atoms with Crippen LogP contribution in [0.15, 0.2) is 30.5 Å². The van der Waals surface area contributed by atoms with Crippen molar-refractivity contribution in [2.45, 2.75) is 0 Å². The lowest BCUT2D eigenvalue weighted by Crippen LogP contribution is -2.17. The Morgan fingerprint density at radius 2 is 1.90 bits per heavy atom. The summed E-state index contributed by atoms with van der Waals surface area (Å²) in [6, 6.07) is 7.06. The van der Waals surface area contributed by atoms with Crippen molar-refractivity contribution in [3.05, 3.63) is 41.6 Å². The summed E-state index contributed by atoms with van der Waals surface area (Å²) < 4.78 is 0. The Hall–Kier alpha value is -2.83. The van der Waals surface area contributed by atoms with E-state index in [-0.39, 0.29) is 17.3 Å². The number of aromatic amines is 1. The number of H-pyrrole nitrogens is 1. The van der Waals surface area contributed by atoms with Gasteiger partial charge in [-0.05, 0) is 24.3 Å². The van der Waals surface area contributed by atoms with E-state index < -0.39 is 5.91 Å². The van der Waals surface area contributed by atoms with E-state index in [1.165, 1.54) is 6.20 Å². The number of aromatic nitrogens is 2. The number of primary amides is 1. The highest BCUT2D eigenvalue weighted by molar-refractivity contribution is 6.07. The molecule has 0 spiro atoms. The maximum Gasteiger partial charge on any atom is 0.256 e. The molecule has 0 saturated heterocycles. The predicted molar refractivity (Wildman–Crippen MR) is 75.8 cm³/mol. The number of rotatable bonds is 4. The third-order valence-electron chi connectivity index (χ3n) is 2.79. The van der Waals surface area contributed by atoms with E-state index in [1.807, 2.05) is 31.1 Å². The molecule has 2 rings (SSSR count). The second-order valence-electron chi connectivity index (χ2n) is 4.42. The minimum atomic E-state index is -0.656. The molecule has 0 aliphatic carbocycles. The van der Waals surface area contributed by atoms with Gasteiger partial charge in [0.15, 0.2) is 0 Å². The molecule has 1 aromatic heterocycles. The standard InChI is InChI=1S/C13H15N5O2/c1-18(2)9-5-3-8(4-6-9)13(20)16-12-10(11(14)19)7-15-17-12/h3-7H,1-2H3,(H2,14,19)(H2,15,16,17,20). The van der Waals surface area contributed by atoms with Crippen molar-refractivity contribution in [1.29, 1.82) is 0 Å². The zero-order valence-electron chi connectivity index (χ0n) is 11.2. The van der Waals surface area contributed by atoms with E-state index in [9.17, 15) is 9.59 Å². The molecule has 2 amide bonds. The quantitative estimate of drug-likeness (QED) is 0.767. The average molecular weight is 273 g/mol. The number of amides is 2. The van der Waals surface area contributed by atoms with E-state index in [0.717, 1.165) is 5.69 Å². The highest BCUT2D eigenvalue weighted by Crippen LogP contribution is 2.15. The van der Waals surface area contributed by atoms with E-state index in [0.29, 0.717) is 5.56 Å². The molecule has 4 N–H and O–H groups in total. The minimum Gasteiger partial charge on any atom is -0.378 e. The fourth-order valence-corrected chi connectivity index (χ4v) is 1.66. The van der Waals surface area contributed by atoms with Gasteiger partial charge in [0, 0.05) is 25.3 Å². The summed E-state index contributed by atoms with van der Waals surface area (Å²) in [5.74, 6) is -0.807. The van der Waals surface area contributed by atoms with Gasteiger partial charge in [0.05, 0.1) is 6.20 Å². The summed E-state index contributed by atoms with van der Waals surface area (Å²) in [6.07, 6.45) is 1.27. The Morgan fingerprint density at radius 3 is 2.45 bits per heavy atom. The summed E-state index contributed by atoms with van der Waals surface area (Å²) in [5.41, 5.74) is 6.77. The lowest BCUT2D eigenvalue weighted by Gasteiger charge is -2.12. The zero-order chi connectivity index (χ0) is 14.7. The first kappa shape index (κ1) is 13.6. The van der Waals surface area contributed by atoms with Crippen molar-refractivity contribution in [2.75, 3.05) is 24.3 Å². The second kappa shape index (κ2) is 5.43.